The molecule has 1 N–H and O–H groups in total. The molecule has 0 aliphatic heterocycles. The molecule has 0 saturated carbocycles. The lowest BCUT2D eigenvalue weighted by Gasteiger charge is -2.10. The molecule has 0 bridgehead atoms. The van der Waals surface area contributed by atoms with Crippen molar-refractivity contribution in [3.05, 3.63) is 0 Å². The number of nitrogens with one attached hydrogen (secondary N) is 1. The van der Waals surface area contributed by atoms with Crippen molar-refractivity contribution in [1.82, 2.24) is 5.32 Å². The molecule has 0 rings (SSSR count). The fraction of sp³-hybridized carbons (Fsp3) is 1.00. The maximum absolute atomic E-state index is 12.0. The van der Waals surface area contributed by atoms with Gasteiger partial charge in [0, 0.05) is 0 Å². The van der Waals surface area contributed by atoms with Crippen molar-refractivity contribution in [2.24, 2.45) is 0 Å². The second-order valence-electron chi connectivity index (χ2n) is 1.52. The summed E-state index contributed by atoms with van der Waals surface area (Å²) in [6, 6.07) is 0. The van der Waals surface area contributed by atoms with Gasteiger partial charge < -0.3 is 5.32 Å². The molecular formula is C4H8ClF2N. The minimum Gasteiger partial charge on any atom is -0.314 e. The molecule has 0 fully saturated rings. The van der Waals surface area contributed by atoms with Crippen LogP contribution in [0.5, 0.6) is 0 Å². The van der Waals surface area contributed by atoms with E-state index in [9.17, 15) is 8.78 Å². The van der Waals surface area contributed by atoms with Gasteiger partial charge in [-0.25, -0.2) is 8.78 Å². The fourth-order valence-corrected chi connectivity index (χ4v) is 0.400. The first kappa shape index (κ1) is 8.11. The Hall–Kier alpha value is 0.110. The van der Waals surface area contributed by atoms with E-state index >= 15 is 0 Å². The summed E-state index contributed by atoms with van der Waals surface area (Å²) in [4.78, 5) is 0. The second-order valence-corrected chi connectivity index (χ2v) is 1.79. The van der Waals surface area contributed by atoms with Crippen molar-refractivity contribution in [3.8, 4) is 0 Å². The van der Waals surface area contributed by atoms with E-state index in [4.69, 9.17) is 11.6 Å². The largest absolute Gasteiger partial charge is 0.314 e. The highest BCUT2D eigenvalue weighted by Crippen LogP contribution is 2.12. The Labute approximate surface area is 52.0 Å². The van der Waals surface area contributed by atoms with Crippen LogP contribution in [-0.4, -0.2) is 25.4 Å². The number of hydrogen-bond donors (Lipinski definition) is 1. The molecule has 0 atom stereocenters. The number of rotatable bonds is 3. The maximum Gasteiger partial charge on any atom is 0.273 e. The summed E-state index contributed by atoms with van der Waals surface area (Å²) in [7, 11) is 1.46. The van der Waals surface area contributed by atoms with Gasteiger partial charge in [0.2, 0.25) is 0 Å². The van der Waals surface area contributed by atoms with Crippen LogP contribution in [-0.2, 0) is 0 Å². The van der Waals surface area contributed by atoms with Gasteiger partial charge in [-0.05, 0) is 7.05 Å². The molecule has 0 aliphatic rings. The van der Waals surface area contributed by atoms with Crippen molar-refractivity contribution >= 4 is 11.6 Å². The van der Waals surface area contributed by atoms with Crippen LogP contribution < -0.4 is 5.32 Å². The highest BCUT2D eigenvalue weighted by Gasteiger charge is 2.25. The smallest absolute Gasteiger partial charge is 0.273 e. The molecule has 0 aromatic carbocycles. The van der Waals surface area contributed by atoms with E-state index in [1.165, 1.54) is 7.05 Å². The van der Waals surface area contributed by atoms with Crippen molar-refractivity contribution in [3.63, 3.8) is 0 Å². The van der Waals surface area contributed by atoms with E-state index < -0.39 is 11.8 Å². The van der Waals surface area contributed by atoms with E-state index in [2.05, 4.69) is 5.32 Å². The van der Waals surface area contributed by atoms with E-state index in [1.54, 1.807) is 0 Å². The molecule has 50 valence electrons. The minimum atomic E-state index is -2.75. The van der Waals surface area contributed by atoms with Crippen LogP contribution in [0.15, 0.2) is 0 Å². The number of hydrogen-bond acceptors (Lipinski definition) is 1. The van der Waals surface area contributed by atoms with Crippen LogP contribution in [0.25, 0.3) is 0 Å². The van der Waals surface area contributed by atoms with Gasteiger partial charge in [0.25, 0.3) is 5.92 Å². The summed E-state index contributed by atoms with van der Waals surface area (Å²) in [5.41, 5.74) is 0. The third-order valence-electron chi connectivity index (χ3n) is 0.631. The van der Waals surface area contributed by atoms with Gasteiger partial charge in [-0.2, -0.15) is 0 Å². The third-order valence-corrected chi connectivity index (χ3v) is 1.02. The van der Waals surface area contributed by atoms with Crippen molar-refractivity contribution in [2.75, 3.05) is 19.5 Å². The minimum absolute atomic E-state index is 0.351. The van der Waals surface area contributed by atoms with E-state index in [0.29, 0.717) is 0 Å². The van der Waals surface area contributed by atoms with E-state index in [1.807, 2.05) is 0 Å². The van der Waals surface area contributed by atoms with Crippen LogP contribution in [0.4, 0.5) is 8.78 Å². The Morgan fingerprint density at radius 1 is 1.62 bits per heavy atom. The predicted molar refractivity (Wildman–Crippen MR) is 29.6 cm³/mol. The van der Waals surface area contributed by atoms with Crippen LogP contribution >= 0.6 is 11.6 Å². The highest BCUT2D eigenvalue weighted by atomic mass is 35.5. The standard InChI is InChI=1S/C4H8ClF2N/c1-8-3-4(6,7)2-5/h8H,2-3H2,1H3. The normalized spacial score (nSPS) is 12.0. The molecule has 1 nitrogen and oxygen atoms in total. The Morgan fingerprint density at radius 2 is 2.12 bits per heavy atom. The van der Waals surface area contributed by atoms with Crippen molar-refractivity contribution in [2.45, 2.75) is 5.92 Å². The molecule has 8 heavy (non-hydrogen) atoms. The average Bonchev–Trinajstić information content (AvgIpc) is 1.67. The average molecular weight is 144 g/mol. The fourth-order valence-electron chi connectivity index (χ4n) is 0.306. The topological polar surface area (TPSA) is 12.0 Å². The van der Waals surface area contributed by atoms with E-state index in [0.717, 1.165) is 0 Å². The Bertz CT molecular complexity index is 67.1. The Kier molecular flexibility index (Phi) is 3.24. The lowest BCUT2D eigenvalue weighted by molar-refractivity contribution is 0.0286. The summed E-state index contributed by atoms with van der Waals surface area (Å²) < 4.78 is 23.9. The Balaban J connectivity index is 3.37. The van der Waals surface area contributed by atoms with Gasteiger partial charge in [0.15, 0.2) is 0 Å². The van der Waals surface area contributed by atoms with Gasteiger partial charge in [-0.3, -0.25) is 0 Å². The molecule has 0 aromatic rings. The maximum atomic E-state index is 12.0. The number of halogens is 3. The summed E-state index contributed by atoms with van der Waals surface area (Å²) in [5, 5.41) is 2.32. The quantitative estimate of drug-likeness (QED) is 0.583. The summed E-state index contributed by atoms with van der Waals surface area (Å²) in [6.07, 6.45) is 0. The van der Waals surface area contributed by atoms with Crippen LogP contribution in [0.1, 0.15) is 0 Å². The zero-order valence-electron chi connectivity index (χ0n) is 4.55. The molecule has 0 aromatic heterocycles. The third kappa shape index (κ3) is 3.16. The van der Waals surface area contributed by atoms with Crippen molar-refractivity contribution in [1.29, 1.82) is 0 Å². The molecule has 4 heteroatoms. The van der Waals surface area contributed by atoms with Crippen LogP contribution in [0.3, 0.4) is 0 Å². The zero-order valence-corrected chi connectivity index (χ0v) is 5.30. The predicted octanol–water partition coefficient (Wildman–Crippen LogP) is 1.08. The monoisotopic (exact) mass is 143 g/mol. The second kappa shape index (κ2) is 3.20. The molecule has 0 saturated heterocycles. The van der Waals surface area contributed by atoms with Gasteiger partial charge in [0.05, 0.1) is 12.4 Å². The lowest BCUT2D eigenvalue weighted by Crippen LogP contribution is -2.31. The zero-order chi connectivity index (χ0) is 6.62. The van der Waals surface area contributed by atoms with Gasteiger partial charge in [0.1, 0.15) is 0 Å². The molecule has 0 unspecified atom stereocenters. The summed E-state index contributed by atoms with van der Waals surface area (Å²) >= 11 is 4.88. The van der Waals surface area contributed by atoms with Crippen LogP contribution in [0.2, 0.25) is 0 Å². The molecule has 0 heterocycles. The number of alkyl halides is 3. The molecule has 0 aliphatic carbocycles. The van der Waals surface area contributed by atoms with Crippen molar-refractivity contribution < 1.29 is 8.78 Å². The van der Waals surface area contributed by atoms with Crippen LogP contribution in [0, 0.1) is 0 Å². The summed E-state index contributed by atoms with van der Waals surface area (Å²) in [6.45, 7) is -0.351. The first-order valence-electron chi connectivity index (χ1n) is 2.21. The molecular weight excluding hydrogens is 136 g/mol. The van der Waals surface area contributed by atoms with E-state index in [-0.39, 0.29) is 6.54 Å². The van der Waals surface area contributed by atoms with Gasteiger partial charge in [-0.1, -0.05) is 0 Å². The molecule has 0 radical (unpaired) electrons. The highest BCUT2D eigenvalue weighted by molar-refractivity contribution is 6.18. The SMILES string of the molecule is CNCC(F)(F)CCl. The molecule has 0 amide bonds. The summed E-state index contributed by atoms with van der Waals surface area (Å²) in [5.74, 6) is -3.37. The first-order valence-corrected chi connectivity index (χ1v) is 2.74. The van der Waals surface area contributed by atoms with Gasteiger partial charge >= 0.3 is 0 Å². The lowest BCUT2D eigenvalue weighted by atomic mass is 10.4. The first-order chi connectivity index (χ1) is 3.62. The van der Waals surface area contributed by atoms with Gasteiger partial charge in [-0.15, -0.1) is 11.6 Å². The molecule has 0 spiro atoms. The Morgan fingerprint density at radius 3 is 2.25 bits per heavy atom.